The minimum atomic E-state index is -0.309. The topological polar surface area (TPSA) is 88.9 Å². The molecule has 0 aliphatic carbocycles. The zero-order chi connectivity index (χ0) is 24.0. The van der Waals surface area contributed by atoms with Crippen molar-refractivity contribution in [2.24, 2.45) is 5.92 Å². The van der Waals surface area contributed by atoms with Crippen LogP contribution in [0.1, 0.15) is 48.6 Å². The number of carbonyl (C=O) groups is 2. The first-order chi connectivity index (χ1) is 15.8. The van der Waals surface area contributed by atoms with Crippen LogP contribution in [0.5, 0.6) is 0 Å². The van der Waals surface area contributed by atoms with Gasteiger partial charge in [-0.25, -0.2) is 0 Å². The number of rotatable bonds is 9. The van der Waals surface area contributed by atoms with Gasteiger partial charge in [0.2, 0.25) is 5.91 Å². The van der Waals surface area contributed by atoms with Crippen LogP contribution in [0, 0.1) is 12.8 Å². The number of thioether (sulfide) groups is 1. The molecular formula is C24H28BrN5O2S. The molecule has 0 spiro atoms. The second kappa shape index (κ2) is 11.5. The molecule has 2 aromatic carbocycles. The van der Waals surface area contributed by atoms with Gasteiger partial charge in [0.15, 0.2) is 11.0 Å². The number of amides is 2. The molecule has 1 aromatic heterocycles. The average molecular weight is 530 g/mol. The number of anilines is 1. The number of aromatic nitrogens is 3. The number of benzene rings is 2. The molecule has 3 rings (SSSR count). The van der Waals surface area contributed by atoms with Crippen LogP contribution < -0.4 is 10.6 Å². The van der Waals surface area contributed by atoms with E-state index < -0.39 is 0 Å². The summed E-state index contributed by atoms with van der Waals surface area (Å²) < 4.78 is 2.91. The van der Waals surface area contributed by atoms with Gasteiger partial charge in [-0.2, -0.15) is 0 Å². The molecule has 7 nitrogen and oxygen atoms in total. The van der Waals surface area contributed by atoms with Gasteiger partial charge < -0.3 is 15.2 Å². The predicted molar refractivity (Wildman–Crippen MR) is 135 cm³/mol. The molecule has 174 valence electrons. The third kappa shape index (κ3) is 6.68. The first kappa shape index (κ1) is 25.0. The Balaban J connectivity index is 1.70. The van der Waals surface area contributed by atoms with Crippen LogP contribution in [0.4, 0.5) is 5.69 Å². The number of aryl methyl sites for hydroxylation is 1. The SMILES string of the molecule is CCn1c(SCC(=O)Nc2ccc(Br)cc2)nnc1[C@H](NC(=O)c1cccc(C)c1)C(C)C. The molecular weight excluding hydrogens is 502 g/mol. The second-order valence-corrected chi connectivity index (χ2v) is 9.85. The summed E-state index contributed by atoms with van der Waals surface area (Å²) in [6, 6.07) is 14.6. The maximum absolute atomic E-state index is 12.9. The standard InChI is InChI=1S/C24H28BrN5O2S/c1-5-30-22(21(15(2)3)27-23(32)17-8-6-7-16(4)13-17)28-29-24(30)33-14-20(31)26-19-11-9-18(25)10-12-19/h6-13,15,21H,5,14H2,1-4H3,(H,26,31)(H,27,32)/t21-/m1/s1. The van der Waals surface area contributed by atoms with E-state index in [0.29, 0.717) is 23.1 Å². The van der Waals surface area contributed by atoms with E-state index in [9.17, 15) is 9.59 Å². The van der Waals surface area contributed by atoms with Gasteiger partial charge in [-0.15, -0.1) is 10.2 Å². The molecule has 9 heteroatoms. The number of carbonyl (C=O) groups excluding carboxylic acids is 2. The molecule has 3 aromatic rings. The molecule has 0 aliphatic heterocycles. The molecule has 0 radical (unpaired) electrons. The van der Waals surface area contributed by atoms with Crippen molar-refractivity contribution < 1.29 is 9.59 Å². The lowest BCUT2D eigenvalue weighted by atomic mass is 10.0. The van der Waals surface area contributed by atoms with E-state index >= 15 is 0 Å². The van der Waals surface area contributed by atoms with E-state index in [1.54, 1.807) is 6.07 Å². The monoisotopic (exact) mass is 529 g/mol. The van der Waals surface area contributed by atoms with E-state index in [1.807, 2.05) is 74.7 Å². The summed E-state index contributed by atoms with van der Waals surface area (Å²) >= 11 is 4.71. The Labute approximate surface area is 206 Å². The molecule has 1 atom stereocenters. The first-order valence-electron chi connectivity index (χ1n) is 10.8. The van der Waals surface area contributed by atoms with Gasteiger partial charge in [-0.05, 0) is 56.2 Å². The fraction of sp³-hybridized carbons (Fsp3) is 0.333. The van der Waals surface area contributed by atoms with Crippen LogP contribution >= 0.6 is 27.7 Å². The highest BCUT2D eigenvalue weighted by Gasteiger charge is 2.26. The van der Waals surface area contributed by atoms with Crippen molar-refractivity contribution >= 4 is 45.2 Å². The highest BCUT2D eigenvalue weighted by atomic mass is 79.9. The van der Waals surface area contributed by atoms with Gasteiger partial charge in [0, 0.05) is 22.3 Å². The summed E-state index contributed by atoms with van der Waals surface area (Å²) in [7, 11) is 0. The lowest BCUT2D eigenvalue weighted by Gasteiger charge is -2.22. The molecule has 0 aliphatic rings. The van der Waals surface area contributed by atoms with E-state index in [-0.39, 0.29) is 29.5 Å². The Kier molecular flexibility index (Phi) is 8.68. The molecule has 0 saturated heterocycles. The van der Waals surface area contributed by atoms with Crippen molar-refractivity contribution in [3.05, 3.63) is 70.0 Å². The quantitative estimate of drug-likeness (QED) is 0.370. The summed E-state index contributed by atoms with van der Waals surface area (Å²) in [6.45, 7) is 8.66. The van der Waals surface area contributed by atoms with E-state index in [4.69, 9.17) is 0 Å². The highest BCUT2D eigenvalue weighted by molar-refractivity contribution is 9.10. The van der Waals surface area contributed by atoms with Crippen LogP contribution in [-0.2, 0) is 11.3 Å². The molecule has 0 fully saturated rings. The summed E-state index contributed by atoms with van der Waals surface area (Å²) in [5.41, 5.74) is 2.38. The third-order valence-corrected chi connectivity index (χ3v) is 6.53. The normalized spacial score (nSPS) is 11.9. The van der Waals surface area contributed by atoms with Crippen molar-refractivity contribution in [3.8, 4) is 0 Å². The van der Waals surface area contributed by atoms with E-state index in [0.717, 1.165) is 15.7 Å². The van der Waals surface area contributed by atoms with E-state index in [2.05, 4.69) is 36.8 Å². The molecule has 1 heterocycles. The Hall–Kier alpha value is -2.65. The van der Waals surface area contributed by atoms with Crippen molar-refractivity contribution in [1.29, 1.82) is 0 Å². The highest BCUT2D eigenvalue weighted by Crippen LogP contribution is 2.26. The summed E-state index contributed by atoms with van der Waals surface area (Å²) in [5.74, 6) is 0.723. The Morgan fingerprint density at radius 3 is 2.48 bits per heavy atom. The molecule has 2 N–H and O–H groups in total. The smallest absolute Gasteiger partial charge is 0.251 e. The minimum absolute atomic E-state index is 0.104. The molecule has 0 unspecified atom stereocenters. The van der Waals surface area contributed by atoms with Crippen LogP contribution in [0.15, 0.2) is 58.2 Å². The number of nitrogens with one attached hydrogen (secondary N) is 2. The number of nitrogens with zero attached hydrogens (tertiary/aromatic N) is 3. The van der Waals surface area contributed by atoms with Gasteiger partial charge in [0.05, 0.1) is 11.8 Å². The first-order valence-corrected chi connectivity index (χ1v) is 12.5. The minimum Gasteiger partial charge on any atom is -0.342 e. The van der Waals surface area contributed by atoms with Crippen molar-refractivity contribution in [1.82, 2.24) is 20.1 Å². The predicted octanol–water partition coefficient (Wildman–Crippen LogP) is 5.23. The van der Waals surface area contributed by atoms with Gasteiger partial charge in [0.1, 0.15) is 0 Å². The van der Waals surface area contributed by atoms with Gasteiger partial charge in [-0.3, -0.25) is 9.59 Å². The lowest BCUT2D eigenvalue weighted by Crippen LogP contribution is -2.33. The Morgan fingerprint density at radius 2 is 1.85 bits per heavy atom. The van der Waals surface area contributed by atoms with Crippen LogP contribution in [0.2, 0.25) is 0 Å². The maximum atomic E-state index is 12.9. The second-order valence-electron chi connectivity index (χ2n) is 7.99. The number of hydrogen-bond acceptors (Lipinski definition) is 5. The molecule has 2 amide bonds. The summed E-state index contributed by atoms with van der Waals surface area (Å²) in [6.07, 6.45) is 0. The largest absolute Gasteiger partial charge is 0.342 e. The van der Waals surface area contributed by atoms with Crippen LogP contribution in [0.25, 0.3) is 0 Å². The maximum Gasteiger partial charge on any atom is 0.251 e. The van der Waals surface area contributed by atoms with E-state index in [1.165, 1.54) is 11.8 Å². The fourth-order valence-corrected chi connectivity index (χ4v) is 4.41. The van der Waals surface area contributed by atoms with Crippen LogP contribution in [0.3, 0.4) is 0 Å². The van der Waals surface area contributed by atoms with Crippen LogP contribution in [-0.4, -0.2) is 32.3 Å². The van der Waals surface area contributed by atoms with Crippen molar-refractivity contribution in [3.63, 3.8) is 0 Å². The van der Waals surface area contributed by atoms with Crippen molar-refractivity contribution in [2.45, 2.75) is 45.4 Å². The average Bonchev–Trinajstić information content (AvgIpc) is 3.19. The van der Waals surface area contributed by atoms with Gasteiger partial charge >= 0.3 is 0 Å². The van der Waals surface area contributed by atoms with Gasteiger partial charge in [0.25, 0.3) is 5.91 Å². The third-order valence-electron chi connectivity index (χ3n) is 5.03. The fourth-order valence-electron chi connectivity index (χ4n) is 3.33. The van der Waals surface area contributed by atoms with Gasteiger partial charge in [-0.1, -0.05) is 59.2 Å². The van der Waals surface area contributed by atoms with Crippen molar-refractivity contribution in [2.75, 3.05) is 11.1 Å². The zero-order valence-corrected chi connectivity index (χ0v) is 21.5. The number of halogens is 1. The summed E-state index contributed by atoms with van der Waals surface area (Å²) in [4.78, 5) is 25.3. The molecule has 33 heavy (non-hydrogen) atoms. The Bertz CT molecular complexity index is 1110. The lowest BCUT2D eigenvalue weighted by molar-refractivity contribution is -0.113. The Morgan fingerprint density at radius 1 is 1.12 bits per heavy atom. The number of hydrogen-bond donors (Lipinski definition) is 2. The molecule has 0 saturated carbocycles. The zero-order valence-electron chi connectivity index (χ0n) is 19.1. The molecule has 0 bridgehead atoms. The summed E-state index contributed by atoms with van der Waals surface area (Å²) in [5, 5.41) is 15.3.